The van der Waals surface area contributed by atoms with Gasteiger partial charge in [0.05, 0.1) is 19.3 Å². The molecule has 0 saturated heterocycles. The van der Waals surface area contributed by atoms with Crippen LogP contribution < -0.4 is 5.32 Å². The fraction of sp³-hybridized carbons (Fsp3) is 0.273. The van der Waals surface area contributed by atoms with Crippen LogP contribution in [0, 0.1) is 0 Å². The van der Waals surface area contributed by atoms with E-state index in [1.165, 1.54) is 21.9 Å². The predicted octanol–water partition coefficient (Wildman–Crippen LogP) is 5.10. The van der Waals surface area contributed by atoms with Gasteiger partial charge in [0.2, 0.25) is 0 Å². The normalized spacial score (nSPS) is 12.4. The summed E-state index contributed by atoms with van der Waals surface area (Å²) in [6, 6.07) is 25.7. The molecule has 0 aromatic heterocycles. The van der Waals surface area contributed by atoms with Gasteiger partial charge in [-0.1, -0.05) is 73.7 Å². The van der Waals surface area contributed by atoms with Gasteiger partial charge in [0.15, 0.2) is 0 Å². The summed E-state index contributed by atoms with van der Waals surface area (Å²) in [7, 11) is 0. The summed E-state index contributed by atoms with van der Waals surface area (Å²) in [4.78, 5) is 0. The second-order valence-electron chi connectivity index (χ2n) is 6.11. The zero-order chi connectivity index (χ0) is 16.6. The van der Waals surface area contributed by atoms with Crippen LogP contribution in [0.4, 0.5) is 0 Å². The molecule has 0 amide bonds. The minimum absolute atomic E-state index is 0.221. The molecule has 124 valence electrons. The third kappa shape index (κ3) is 4.44. The number of rotatable bonds is 8. The zero-order valence-electron chi connectivity index (χ0n) is 14.2. The molecule has 3 aromatic carbocycles. The molecule has 2 heteroatoms. The van der Waals surface area contributed by atoms with Gasteiger partial charge in [0.25, 0.3) is 0 Å². The second kappa shape index (κ2) is 8.62. The van der Waals surface area contributed by atoms with Crippen LogP contribution >= 0.6 is 0 Å². The molecular formula is C22H25NO. The van der Waals surface area contributed by atoms with Crippen molar-refractivity contribution in [3.05, 3.63) is 83.9 Å². The number of hydrogen-bond donors (Lipinski definition) is 1. The van der Waals surface area contributed by atoms with Gasteiger partial charge in [-0.3, -0.25) is 0 Å². The molecule has 0 aliphatic carbocycles. The predicted molar refractivity (Wildman–Crippen MR) is 101 cm³/mol. The monoisotopic (exact) mass is 319 g/mol. The van der Waals surface area contributed by atoms with Gasteiger partial charge in [0, 0.05) is 0 Å². The smallest absolute Gasteiger partial charge is 0.0717 e. The van der Waals surface area contributed by atoms with E-state index in [0.717, 1.165) is 13.0 Å². The summed E-state index contributed by atoms with van der Waals surface area (Å²) < 4.78 is 5.98. The van der Waals surface area contributed by atoms with Crippen LogP contribution in [0.1, 0.15) is 30.5 Å². The molecule has 0 saturated carbocycles. The lowest BCUT2D eigenvalue weighted by atomic mass is 10.0. The molecule has 3 aromatic rings. The van der Waals surface area contributed by atoms with Gasteiger partial charge in [-0.25, -0.2) is 0 Å². The first-order valence-corrected chi connectivity index (χ1v) is 8.70. The molecule has 0 aliphatic heterocycles. The molecule has 0 heterocycles. The van der Waals surface area contributed by atoms with Gasteiger partial charge < -0.3 is 10.1 Å². The highest BCUT2D eigenvalue weighted by Gasteiger charge is 2.11. The molecule has 0 fully saturated rings. The van der Waals surface area contributed by atoms with Gasteiger partial charge >= 0.3 is 0 Å². The van der Waals surface area contributed by atoms with Crippen LogP contribution in [0.5, 0.6) is 0 Å². The maximum Gasteiger partial charge on any atom is 0.0717 e. The van der Waals surface area contributed by atoms with Crippen molar-refractivity contribution in [2.45, 2.75) is 26.0 Å². The Morgan fingerprint density at radius 2 is 1.62 bits per heavy atom. The van der Waals surface area contributed by atoms with Crippen LogP contribution in [0.2, 0.25) is 0 Å². The van der Waals surface area contributed by atoms with Crippen molar-refractivity contribution in [1.82, 2.24) is 5.32 Å². The summed E-state index contributed by atoms with van der Waals surface area (Å²) in [5.74, 6) is 0. The highest BCUT2D eigenvalue weighted by Crippen LogP contribution is 2.21. The standard InChI is InChI=1S/C22H25NO/c1-2-14-23-22(17-24-16-18-8-4-3-5-9-18)21-13-12-19-10-6-7-11-20(19)15-21/h3-13,15,22-23H,2,14,16-17H2,1H3. The lowest BCUT2D eigenvalue weighted by molar-refractivity contribution is 0.0986. The Morgan fingerprint density at radius 1 is 0.875 bits per heavy atom. The van der Waals surface area contributed by atoms with E-state index in [0.29, 0.717) is 13.2 Å². The number of fused-ring (bicyclic) bond motifs is 1. The lowest BCUT2D eigenvalue weighted by Crippen LogP contribution is -2.26. The first kappa shape index (κ1) is 16.7. The van der Waals surface area contributed by atoms with E-state index in [1.807, 2.05) is 6.07 Å². The Balaban J connectivity index is 1.69. The SMILES string of the molecule is CCCNC(COCc1ccccc1)c1ccc2ccccc2c1. The maximum absolute atomic E-state index is 5.98. The minimum atomic E-state index is 0.221. The van der Waals surface area contributed by atoms with Gasteiger partial charge in [-0.2, -0.15) is 0 Å². The molecule has 1 N–H and O–H groups in total. The van der Waals surface area contributed by atoms with Gasteiger partial charge in [-0.05, 0) is 40.9 Å². The summed E-state index contributed by atoms with van der Waals surface area (Å²) in [6.45, 7) is 4.51. The molecule has 0 bridgehead atoms. The van der Waals surface area contributed by atoms with Crippen molar-refractivity contribution in [3.63, 3.8) is 0 Å². The molecule has 0 spiro atoms. The quantitative estimate of drug-likeness (QED) is 0.624. The van der Waals surface area contributed by atoms with E-state index in [1.54, 1.807) is 0 Å². The van der Waals surface area contributed by atoms with Crippen molar-refractivity contribution in [2.24, 2.45) is 0 Å². The minimum Gasteiger partial charge on any atom is -0.375 e. The third-order valence-corrected chi connectivity index (χ3v) is 4.21. The topological polar surface area (TPSA) is 21.3 Å². The maximum atomic E-state index is 5.98. The van der Waals surface area contributed by atoms with Crippen LogP contribution in [-0.2, 0) is 11.3 Å². The average Bonchev–Trinajstić information content (AvgIpc) is 2.65. The van der Waals surface area contributed by atoms with Gasteiger partial charge in [-0.15, -0.1) is 0 Å². The van der Waals surface area contributed by atoms with E-state index in [2.05, 4.69) is 79.0 Å². The van der Waals surface area contributed by atoms with Crippen molar-refractivity contribution < 1.29 is 4.74 Å². The molecular weight excluding hydrogens is 294 g/mol. The summed E-state index contributed by atoms with van der Waals surface area (Å²) in [5, 5.41) is 6.17. The van der Waals surface area contributed by atoms with Crippen LogP contribution in [0.25, 0.3) is 10.8 Å². The average molecular weight is 319 g/mol. The Hall–Kier alpha value is -2.16. The van der Waals surface area contributed by atoms with E-state index >= 15 is 0 Å². The summed E-state index contributed by atoms with van der Waals surface area (Å²) >= 11 is 0. The number of ether oxygens (including phenoxy) is 1. The lowest BCUT2D eigenvalue weighted by Gasteiger charge is -2.20. The van der Waals surface area contributed by atoms with E-state index in [9.17, 15) is 0 Å². The fourth-order valence-corrected chi connectivity index (χ4v) is 2.88. The molecule has 2 nitrogen and oxygen atoms in total. The van der Waals surface area contributed by atoms with Crippen molar-refractivity contribution in [1.29, 1.82) is 0 Å². The summed E-state index contributed by atoms with van der Waals surface area (Å²) in [5.41, 5.74) is 2.50. The third-order valence-electron chi connectivity index (χ3n) is 4.21. The zero-order valence-corrected chi connectivity index (χ0v) is 14.2. The van der Waals surface area contributed by atoms with Crippen molar-refractivity contribution in [2.75, 3.05) is 13.2 Å². The van der Waals surface area contributed by atoms with Crippen LogP contribution in [-0.4, -0.2) is 13.2 Å². The molecule has 24 heavy (non-hydrogen) atoms. The number of nitrogens with one attached hydrogen (secondary N) is 1. The highest BCUT2D eigenvalue weighted by molar-refractivity contribution is 5.83. The van der Waals surface area contributed by atoms with E-state index in [4.69, 9.17) is 4.74 Å². The Bertz CT molecular complexity index is 754. The molecule has 0 aliphatic rings. The van der Waals surface area contributed by atoms with Gasteiger partial charge in [0.1, 0.15) is 0 Å². The Kier molecular flexibility index (Phi) is 6.00. The van der Waals surface area contributed by atoms with Crippen LogP contribution in [0.15, 0.2) is 72.8 Å². The Morgan fingerprint density at radius 3 is 2.42 bits per heavy atom. The second-order valence-corrected chi connectivity index (χ2v) is 6.11. The molecule has 3 rings (SSSR count). The largest absolute Gasteiger partial charge is 0.375 e. The first-order chi connectivity index (χ1) is 11.9. The molecule has 1 unspecified atom stereocenters. The van der Waals surface area contributed by atoms with Crippen molar-refractivity contribution >= 4 is 10.8 Å². The first-order valence-electron chi connectivity index (χ1n) is 8.70. The summed E-state index contributed by atoms with van der Waals surface area (Å²) in [6.07, 6.45) is 1.11. The number of hydrogen-bond acceptors (Lipinski definition) is 2. The fourth-order valence-electron chi connectivity index (χ4n) is 2.88. The van der Waals surface area contributed by atoms with E-state index in [-0.39, 0.29) is 6.04 Å². The van der Waals surface area contributed by atoms with Crippen LogP contribution in [0.3, 0.4) is 0 Å². The number of benzene rings is 3. The van der Waals surface area contributed by atoms with Crippen molar-refractivity contribution in [3.8, 4) is 0 Å². The Labute approximate surface area is 144 Å². The highest BCUT2D eigenvalue weighted by atomic mass is 16.5. The van der Waals surface area contributed by atoms with E-state index < -0.39 is 0 Å². The molecule has 0 radical (unpaired) electrons. The molecule has 1 atom stereocenters.